The average Bonchev–Trinajstić information content (AvgIpc) is 2.34. The van der Waals surface area contributed by atoms with Crippen molar-refractivity contribution in [3.8, 4) is 5.88 Å². The van der Waals surface area contributed by atoms with Crippen molar-refractivity contribution >= 4 is 5.91 Å². The van der Waals surface area contributed by atoms with Crippen molar-refractivity contribution < 1.29 is 9.53 Å². The van der Waals surface area contributed by atoms with E-state index in [2.05, 4.69) is 10.3 Å². The van der Waals surface area contributed by atoms with E-state index in [4.69, 9.17) is 10.5 Å². The highest BCUT2D eigenvalue weighted by atomic mass is 16.5. The van der Waals surface area contributed by atoms with E-state index in [-0.39, 0.29) is 5.91 Å². The van der Waals surface area contributed by atoms with Gasteiger partial charge in [0.1, 0.15) is 5.56 Å². The predicted octanol–water partition coefficient (Wildman–Crippen LogP) is 0.559. The van der Waals surface area contributed by atoms with Crippen molar-refractivity contribution in [3.05, 3.63) is 23.9 Å². The number of carbonyl (C=O) groups excluding carboxylic acids is 1. The number of pyridine rings is 1. The number of nitrogens with zero attached hydrogens (tertiary/aromatic N) is 1. The van der Waals surface area contributed by atoms with E-state index in [9.17, 15) is 4.79 Å². The summed E-state index contributed by atoms with van der Waals surface area (Å²) in [4.78, 5) is 15.7. The Balaban J connectivity index is 2.52. The Bertz CT molecular complexity index is 342. The van der Waals surface area contributed by atoms with Crippen LogP contribution in [0.25, 0.3) is 0 Å². The standard InChI is InChI=1S/C11H17N3O2/c1-16-11-9(5-4-8-14-11)10(15)13-7-3-2-6-12/h4-5,8H,2-3,6-7,12H2,1H3,(H,13,15). The molecule has 0 unspecified atom stereocenters. The number of hydrogen-bond donors (Lipinski definition) is 2. The van der Waals surface area contributed by atoms with E-state index in [0.29, 0.717) is 24.5 Å². The summed E-state index contributed by atoms with van der Waals surface area (Å²) in [7, 11) is 1.49. The molecular weight excluding hydrogens is 206 g/mol. The second-order valence-corrected chi connectivity index (χ2v) is 3.31. The summed E-state index contributed by atoms with van der Waals surface area (Å²) in [5, 5.41) is 2.79. The number of nitrogens with one attached hydrogen (secondary N) is 1. The van der Waals surface area contributed by atoms with Gasteiger partial charge in [-0.3, -0.25) is 4.79 Å². The molecule has 1 aromatic rings. The van der Waals surface area contributed by atoms with Gasteiger partial charge >= 0.3 is 0 Å². The number of amides is 1. The predicted molar refractivity (Wildman–Crippen MR) is 61.4 cm³/mol. The molecule has 3 N–H and O–H groups in total. The number of nitrogens with two attached hydrogens (primary N) is 1. The lowest BCUT2D eigenvalue weighted by Gasteiger charge is -2.07. The number of unbranched alkanes of at least 4 members (excludes halogenated alkanes) is 1. The molecule has 0 bridgehead atoms. The van der Waals surface area contributed by atoms with Crippen LogP contribution in [0, 0.1) is 0 Å². The fourth-order valence-electron chi connectivity index (χ4n) is 1.29. The van der Waals surface area contributed by atoms with Crippen molar-refractivity contribution in [2.45, 2.75) is 12.8 Å². The topological polar surface area (TPSA) is 77.2 Å². The molecule has 1 aromatic heterocycles. The average molecular weight is 223 g/mol. The molecule has 1 amide bonds. The van der Waals surface area contributed by atoms with Gasteiger partial charge in [-0.2, -0.15) is 0 Å². The van der Waals surface area contributed by atoms with Gasteiger partial charge in [0.2, 0.25) is 5.88 Å². The number of ether oxygens (including phenoxy) is 1. The minimum atomic E-state index is -0.165. The van der Waals surface area contributed by atoms with Crippen LogP contribution in [-0.4, -0.2) is 31.1 Å². The molecule has 0 aliphatic rings. The monoisotopic (exact) mass is 223 g/mol. The minimum absolute atomic E-state index is 0.165. The summed E-state index contributed by atoms with van der Waals surface area (Å²) in [6, 6.07) is 3.39. The van der Waals surface area contributed by atoms with Crippen LogP contribution in [-0.2, 0) is 0 Å². The Labute approximate surface area is 95.0 Å². The Hall–Kier alpha value is -1.62. The van der Waals surface area contributed by atoms with Crippen LogP contribution in [0.2, 0.25) is 0 Å². The van der Waals surface area contributed by atoms with E-state index in [1.165, 1.54) is 7.11 Å². The van der Waals surface area contributed by atoms with Gasteiger partial charge in [-0.25, -0.2) is 4.98 Å². The van der Waals surface area contributed by atoms with Gasteiger partial charge in [-0.1, -0.05) is 0 Å². The summed E-state index contributed by atoms with van der Waals surface area (Å²) in [6.45, 7) is 1.26. The highest BCUT2D eigenvalue weighted by molar-refractivity contribution is 5.96. The first-order valence-corrected chi connectivity index (χ1v) is 5.27. The summed E-state index contributed by atoms with van der Waals surface area (Å²) in [6.07, 6.45) is 3.37. The fourth-order valence-corrected chi connectivity index (χ4v) is 1.29. The van der Waals surface area contributed by atoms with E-state index in [0.717, 1.165) is 12.8 Å². The largest absolute Gasteiger partial charge is 0.480 e. The maximum Gasteiger partial charge on any atom is 0.256 e. The van der Waals surface area contributed by atoms with Gasteiger partial charge in [-0.15, -0.1) is 0 Å². The van der Waals surface area contributed by atoms with Crippen LogP contribution < -0.4 is 15.8 Å². The van der Waals surface area contributed by atoms with Gasteiger partial charge in [-0.05, 0) is 31.5 Å². The SMILES string of the molecule is COc1ncccc1C(=O)NCCCCN. The quantitative estimate of drug-likeness (QED) is 0.691. The normalized spacial score (nSPS) is 9.88. The zero-order chi connectivity index (χ0) is 11.8. The molecule has 0 aliphatic heterocycles. The molecule has 88 valence electrons. The summed E-state index contributed by atoms with van der Waals surface area (Å²) in [5.74, 6) is 0.181. The minimum Gasteiger partial charge on any atom is -0.480 e. The van der Waals surface area contributed by atoms with E-state index in [1.807, 2.05) is 0 Å². The number of aromatic nitrogens is 1. The molecule has 0 saturated heterocycles. The van der Waals surface area contributed by atoms with Crippen LogP contribution in [0.3, 0.4) is 0 Å². The first-order valence-electron chi connectivity index (χ1n) is 5.27. The number of carbonyl (C=O) groups is 1. The molecule has 1 rings (SSSR count). The molecule has 5 heteroatoms. The lowest BCUT2D eigenvalue weighted by Crippen LogP contribution is -2.25. The van der Waals surface area contributed by atoms with E-state index >= 15 is 0 Å². The lowest BCUT2D eigenvalue weighted by atomic mass is 10.2. The Morgan fingerprint density at radius 3 is 3.06 bits per heavy atom. The first-order chi connectivity index (χ1) is 7.79. The first kappa shape index (κ1) is 12.4. The maximum atomic E-state index is 11.7. The van der Waals surface area contributed by atoms with Gasteiger partial charge in [0, 0.05) is 12.7 Å². The molecule has 16 heavy (non-hydrogen) atoms. The van der Waals surface area contributed by atoms with Crippen LogP contribution >= 0.6 is 0 Å². The summed E-state index contributed by atoms with van der Waals surface area (Å²) in [5.41, 5.74) is 5.82. The molecule has 0 radical (unpaired) electrons. The van der Waals surface area contributed by atoms with Gasteiger partial charge in [0.15, 0.2) is 0 Å². The fraction of sp³-hybridized carbons (Fsp3) is 0.455. The molecule has 0 atom stereocenters. The third-order valence-corrected chi connectivity index (χ3v) is 2.13. The highest BCUT2D eigenvalue weighted by Crippen LogP contribution is 2.12. The smallest absolute Gasteiger partial charge is 0.256 e. The molecule has 0 spiro atoms. The Morgan fingerprint density at radius 1 is 1.56 bits per heavy atom. The number of rotatable bonds is 6. The molecule has 0 aliphatic carbocycles. The molecule has 0 fully saturated rings. The molecule has 0 saturated carbocycles. The Morgan fingerprint density at radius 2 is 2.38 bits per heavy atom. The third-order valence-electron chi connectivity index (χ3n) is 2.13. The molecular formula is C11H17N3O2. The van der Waals surface area contributed by atoms with Crippen LogP contribution in [0.4, 0.5) is 0 Å². The maximum absolute atomic E-state index is 11.7. The molecule has 1 heterocycles. The van der Waals surface area contributed by atoms with Crippen molar-refractivity contribution in [2.24, 2.45) is 5.73 Å². The van der Waals surface area contributed by atoms with Gasteiger partial charge in [0.25, 0.3) is 5.91 Å². The molecule has 5 nitrogen and oxygen atoms in total. The zero-order valence-corrected chi connectivity index (χ0v) is 9.40. The number of methoxy groups -OCH3 is 1. The van der Waals surface area contributed by atoms with Crippen molar-refractivity contribution in [1.29, 1.82) is 0 Å². The van der Waals surface area contributed by atoms with Crippen LogP contribution in [0.1, 0.15) is 23.2 Å². The van der Waals surface area contributed by atoms with Crippen molar-refractivity contribution in [3.63, 3.8) is 0 Å². The Kier molecular flexibility index (Phi) is 5.28. The van der Waals surface area contributed by atoms with Crippen molar-refractivity contribution in [1.82, 2.24) is 10.3 Å². The van der Waals surface area contributed by atoms with Crippen LogP contribution in [0.15, 0.2) is 18.3 Å². The van der Waals surface area contributed by atoms with Gasteiger partial charge < -0.3 is 15.8 Å². The highest BCUT2D eigenvalue weighted by Gasteiger charge is 2.11. The van der Waals surface area contributed by atoms with Crippen LogP contribution in [0.5, 0.6) is 5.88 Å². The van der Waals surface area contributed by atoms with Crippen molar-refractivity contribution in [2.75, 3.05) is 20.2 Å². The van der Waals surface area contributed by atoms with E-state index < -0.39 is 0 Å². The number of hydrogen-bond acceptors (Lipinski definition) is 4. The third kappa shape index (κ3) is 3.51. The lowest BCUT2D eigenvalue weighted by molar-refractivity contribution is 0.0949. The zero-order valence-electron chi connectivity index (χ0n) is 9.40. The second kappa shape index (κ2) is 6.79. The van der Waals surface area contributed by atoms with Gasteiger partial charge in [0.05, 0.1) is 7.11 Å². The van der Waals surface area contributed by atoms with E-state index in [1.54, 1.807) is 18.3 Å². The summed E-state index contributed by atoms with van der Waals surface area (Å²) < 4.78 is 5.00. The molecule has 0 aromatic carbocycles. The summed E-state index contributed by atoms with van der Waals surface area (Å²) >= 11 is 0. The second-order valence-electron chi connectivity index (χ2n) is 3.31.